The molecule has 66 valence electrons. The monoisotopic (exact) mass is 181 g/mol. The number of hydrogen-bond acceptors (Lipinski definition) is 2. The van der Waals surface area contributed by atoms with Gasteiger partial charge in [0.05, 0.1) is 11.8 Å². The molecule has 0 aliphatic heterocycles. The van der Waals surface area contributed by atoms with Crippen molar-refractivity contribution in [3.8, 4) is 11.3 Å². The highest BCUT2D eigenvalue weighted by atomic mass is 19.1. The molecule has 1 aromatic heterocycles. The number of oxazole rings is 1. The lowest BCUT2D eigenvalue weighted by Crippen LogP contribution is -1.87. The fraction of sp³-hybridized carbons (Fsp3) is 0. The number of aromatic nitrogens is 1. The van der Waals surface area contributed by atoms with Gasteiger partial charge in [-0.25, -0.2) is 13.8 Å². The molecule has 0 N–H and O–H groups in total. The van der Waals surface area contributed by atoms with E-state index in [0.717, 1.165) is 6.39 Å². The normalized spacial score (nSPS) is 10.3. The molecule has 1 aromatic carbocycles. The first-order valence-electron chi connectivity index (χ1n) is 3.62. The van der Waals surface area contributed by atoms with Gasteiger partial charge in [0.2, 0.25) is 0 Å². The molecule has 1 heterocycles. The zero-order chi connectivity index (χ0) is 9.26. The molecular weight excluding hydrogens is 176 g/mol. The molecule has 0 unspecified atom stereocenters. The topological polar surface area (TPSA) is 26.0 Å². The van der Waals surface area contributed by atoms with Crippen molar-refractivity contribution in [3.05, 3.63) is 42.4 Å². The molecule has 2 rings (SSSR count). The number of nitrogens with zero attached hydrogens (tertiary/aromatic N) is 1. The minimum absolute atomic E-state index is 0.0931. The molecular formula is C9H5F2NO. The number of halogens is 2. The molecule has 4 heteroatoms. The van der Waals surface area contributed by atoms with Crippen LogP contribution in [-0.2, 0) is 0 Å². The lowest BCUT2D eigenvalue weighted by Gasteiger charge is -1.98. The van der Waals surface area contributed by atoms with Gasteiger partial charge in [-0.15, -0.1) is 0 Å². The van der Waals surface area contributed by atoms with Crippen molar-refractivity contribution in [2.75, 3.05) is 0 Å². The van der Waals surface area contributed by atoms with Crippen LogP contribution in [0.25, 0.3) is 11.3 Å². The third-order valence-electron chi connectivity index (χ3n) is 1.64. The summed E-state index contributed by atoms with van der Waals surface area (Å²) in [6.07, 6.45) is 2.39. The third kappa shape index (κ3) is 1.30. The number of benzene rings is 1. The van der Waals surface area contributed by atoms with Gasteiger partial charge in [0, 0.05) is 0 Å². The lowest BCUT2D eigenvalue weighted by atomic mass is 10.1. The van der Waals surface area contributed by atoms with E-state index in [0.29, 0.717) is 0 Å². The lowest BCUT2D eigenvalue weighted by molar-refractivity contribution is 0.543. The minimum atomic E-state index is -0.656. The van der Waals surface area contributed by atoms with Crippen molar-refractivity contribution < 1.29 is 13.2 Å². The second-order valence-corrected chi connectivity index (χ2v) is 2.46. The number of hydrogen-bond donors (Lipinski definition) is 0. The summed E-state index contributed by atoms with van der Waals surface area (Å²) in [4.78, 5) is 3.58. The first kappa shape index (κ1) is 7.91. The zero-order valence-electron chi connectivity index (χ0n) is 6.50. The van der Waals surface area contributed by atoms with E-state index < -0.39 is 11.6 Å². The van der Waals surface area contributed by atoms with Gasteiger partial charge >= 0.3 is 0 Å². The van der Waals surface area contributed by atoms with E-state index in [2.05, 4.69) is 4.98 Å². The van der Waals surface area contributed by atoms with Gasteiger partial charge < -0.3 is 4.42 Å². The van der Waals surface area contributed by atoms with Gasteiger partial charge in [0.15, 0.2) is 12.2 Å². The van der Waals surface area contributed by atoms with Gasteiger partial charge in [0.25, 0.3) is 0 Å². The van der Waals surface area contributed by atoms with Gasteiger partial charge in [-0.1, -0.05) is 6.07 Å². The maximum atomic E-state index is 13.1. The largest absolute Gasteiger partial charge is 0.443 e. The number of rotatable bonds is 1. The first-order chi connectivity index (χ1) is 6.29. The molecule has 0 saturated carbocycles. The van der Waals surface area contributed by atoms with Crippen molar-refractivity contribution in [2.24, 2.45) is 0 Å². The van der Waals surface area contributed by atoms with Crippen LogP contribution in [0, 0.1) is 11.6 Å². The molecule has 2 nitrogen and oxygen atoms in total. The van der Waals surface area contributed by atoms with Gasteiger partial charge in [-0.3, -0.25) is 0 Å². The van der Waals surface area contributed by atoms with Crippen molar-refractivity contribution >= 4 is 0 Å². The Balaban J connectivity index is 2.64. The predicted molar refractivity (Wildman–Crippen MR) is 41.9 cm³/mol. The van der Waals surface area contributed by atoms with Crippen molar-refractivity contribution in [1.82, 2.24) is 4.98 Å². The van der Waals surface area contributed by atoms with Crippen molar-refractivity contribution in [2.45, 2.75) is 0 Å². The molecule has 0 amide bonds. The van der Waals surface area contributed by atoms with E-state index in [1.807, 2.05) is 0 Å². The predicted octanol–water partition coefficient (Wildman–Crippen LogP) is 2.62. The summed E-state index contributed by atoms with van der Waals surface area (Å²) in [5, 5.41) is 0. The maximum absolute atomic E-state index is 13.1. The Morgan fingerprint density at radius 3 is 2.38 bits per heavy atom. The standard InChI is InChI=1S/C9H5F2NO/c10-6-2-1-3-7(11)9(6)8-4-12-5-13-8/h1-5H. The second-order valence-electron chi connectivity index (χ2n) is 2.46. The van der Waals surface area contributed by atoms with Crippen LogP contribution < -0.4 is 0 Å². The molecule has 0 saturated heterocycles. The van der Waals surface area contributed by atoms with Crippen molar-refractivity contribution in [1.29, 1.82) is 0 Å². The quantitative estimate of drug-likeness (QED) is 0.675. The Bertz CT molecular complexity index is 391. The van der Waals surface area contributed by atoms with E-state index >= 15 is 0 Å². The summed E-state index contributed by atoms with van der Waals surface area (Å²) in [6.45, 7) is 0. The van der Waals surface area contributed by atoms with E-state index in [4.69, 9.17) is 4.42 Å². The van der Waals surface area contributed by atoms with E-state index in [9.17, 15) is 8.78 Å². The third-order valence-corrected chi connectivity index (χ3v) is 1.64. The average Bonchev–Trinajstić information content (AvgIpc) is 2.57. The van der Waals surface area contributed by atoms with Crippen LogP contribution in [0.5, 0.6) is 0 Å². The van der Waals surface area contributed by atoms with Crippen LogP contribution >= 0.6 is 0 Å². The molecule has 13 heavy (non-hydrogen) atoms. The smallest absolute Gasteiger partial charge is 0.181 e. The van der Waals surface area contributed by atoms with Gasteiger partial charge in [-0.05, 0) is 12.1 Å². The summed E-state index contributed by atoms with van der Waals surface area (Å²) >= 11 is 0. The molecule has 0 spiro atoms. The van der Waals surface area contributed by atoms with Crippen LogP contribution in [0.3, 0.4) is 0 Å². The van der Waals surface area contributed by atoms with Gasteiger partial charge in [0.1, 0.15) is 11.6 Å². The maximum Gasteiger partial charge on any atom is 0.181 e. The SMILES string of the molecule is Fc1cccc(F)c1-c1cnco1. The Morgan fingerprint density at radius 1 is 1.15 bits per heavy atom. The van der Waals surface area contributed by atoms with Crippen LogP contribution in [0.4, 0.5) is 8.78 Å². The summed E-state index contributed by atoms with van der Waals surface area (Å²) in [5.41, 5.74) is -0.181. The Labute approximate surface area is 72.8 Å². The molecule has 0 atom stereocenters. The molecule has 0 aliphatic rings. The highest BCUT2D eigenvalue weighted by Crippen LogP contribution is 2.24. The molecule has 2 aromatic rings. The first-order valence-corrected chi connectivity index (χ1v) is 3.62. The molecule has 0 aliphatic carbocycles. The zero-order valence-corrected chi connectivity index (χ0v) is 6.50. The summed E-state index contributed by atoms with van der Waals surface area (Å²) in [7, 11) is 0. The van der Waals surface area contributed by atoms with Crippen LogP contribution in [0.1, 0.15) is 0 Å². The Morgan fingerprint density at radius 2 is 1.85 bits per heavy atom. The van der Waals surface area contributed by atoms with Crippen LogP contribution in [-0.4, -0.2) is 4.98 Å². The summed E-state index contributed by atoms with van der Waals surface area (Å²) in [6, 6.07) is 3.63. The Hall–Kier alpha value is -1.71. The second kappa shape index (κ2) is 2.97. The van der Waals surface area contributed by atoms with E-state index in [-0.39, 0.29) is 11.3 Å². The van der Waals surface area contributed by atoms with Gasteiger partial charge in [-0.2, -0.15) is 0 Å². The van der Waals surface area contributed by atoms with E-state index in [1.165, 1.54) is 24.4 Å². The van der Waals surface area contributed by atoms with E-state index in [1.54, 1.807) is 0 Å². The highest BCUT2D eigenvalue weighted by Gasteiger charge is 2.12. The fourth-order valence-corrected chi connectivity index (χ4v) is 1.07. The van der Waals surface area contributed by atoms with Crippen molar-refractivity contribution in [3.63, 3.8) is 0 Å². The summed E-state index contributed by atoms with van der Waals surface area (Å²) < 4.78 is 31.0. The fourth-order valence-electron chi connectivity index (χ4n) is 1.07. The highest BCUT2D eigenvalue weighted by molar-refractivity contribution is 5.57. The Kier molecular flexibility index (Phi) is 1.81. The molecule has 0 fully saturated rings. The molecule has 0 radical (unpaired) electrons. The average molecular weight is 181 g/mol. The minimum Gasteiger partial charge on any atom is -0.443 e. The van der Waals surface area contributed by atoms with Crippen LogP contribution in [0.15, 0.2) is 35.2 Å². The summed E-state index contributed by atoms with van der Waals surface area (Å²) in [5.74, 6) is -1.22. The van der Waals surface area contributed by atoms with Crippen LogP contribution in [0.2, 0.25) is 0 Å². The molecule has 0 bridgehead atoms.